The van der Waals surface area contributed by atoms with Crippen molar-refractivity contribution in [2.45, 2.75) is 18.2 Å². The van der Waals surface area contributed by atoms with Crippen molar-refractivity contribution in [3.63, 3.8) is 0 Å². The highest BCUT2D eigenvalue weighted by atomic mass is 32.2. The molecular formula is C13H18F2N2O2S. The molecule has 20 heavy (non-hydrogen) atoms. The van der Waals surface area contributed by atoms with Gasteiger partial charge < -0.3 is 5.32 Å². The highest BCUT2D eigenvalue weighted by Crippen LogP contribution is 2.19. The molecule has 0 spiro atoms. The molecule has 0 radical (unpaired) electrons. The Labute approximate surface area is 117 Å². The molecule has 4 nitrogen and oxygen atoms in total. The maximum absolute atomic E-state index is 13.1. The molecule has 0 amide bonds. The third-order valence-corrected chi connectivity index (χ3v) is 5.12. The molecule has 1 aliphatic rings. The van der Waals surface area contributed by atoms with Crippen LogP contribution >= 0.6 is 0 Å². The lowest BCUT2D eigenvalue weighted by Crippen LogP contribution is -2.41. The second-order valence-corrected chi connectivity index (χ2v) is 6.92. The summed E-state index contributed by atoms with van der Waals surface area (Å²) in [4.78, 5) is -0.252. The van der Waals surface area contributed by atoms with E-state index in [2.05, 4.69) is 17.0 Å². The zero-order chi connectivity index (χ0) is 14.8. The van der Waals surface area contributed by atoms with Crippen LogP contribution in [-0.4, -0.2) is 28.1 Å². The van der Waals surface area contributed by atoms with E-state index in [-0.39, 0.29) is 10.8 Å². The second kappa shape index (κ2) is 6.15. The van der Waals surface area contributed by atoms with Crippen molar-refractivity contribution in [2.75, 3.05) is 19.6 Å². The molecule has 0 aliphatic carbocycles. The molecule has 0 bridgehead atoms. The van der Waals surface area contributed by atoms with Crippen LogP contribution in [0.25, 0.3) is 0 Å². The largest absolute Gasteiger partial charge is 0.316 e. The van der Waals surface area contributed by atoms with Gasteiger partial charge in [-0.15, -0.1) is 0 Å². The van der Waals surface area contributed by atoms with Gasteiger partial charge in [0.1, 0.15) is 0 Å². The van der Waals surface area contributed by atoms with Crippen LogP contribution in [0.4, 0.5) is 8.78 Å². The van der Waals surface area contributed by atoms with E-state index < -0.39 is 21.7 Å². The van der Waals surface area contributed by atoms with E-state index in [1.54, 1.807) is 0 Å². The Bertz CT molecular complexity index is 578. The summed E-state index contributed by atoms with van der Waals surface area (Å²) in [6.45, 7) is 4.09. The number of sulfonamides is 1. The summed E-state index contributed by atoms with van der Waals surface area (Å²) in [6, 6.07) is 2.58. The standard InChI is InChI=1S/C13H18F2N2O2S/c1-9-7-16-5-4-10(9)8-17-20(18,19)11-2-3-12(14)13(15)6-11/h2-3,6,9-10,16-17H,4-5,7-8H2,1H3. The first-order chi connectivity index (χ1) is 9.40. The van der Waals surface area contributed by atoms with Gasteiger partial charge in [-0.2, -0.15) is 0 Å². The number of nitrogens with one attached hydrogen (secondary N) is 2. The highest BCUT2D eigenvalue weighted by molar-refractivity contribution is 7.89. The van der Waals surface area contributed by atoms with Crippen LogP contribution in [-0.2, 0) is 10.0 Å². The highest BCUT2D eigenvalue weighted by Gasteiger charge is 2.24. The molecule has 1 aromatic rings. The smallest absolute Gasteiger partial charge is 0.240 e. The van der Waals surface area contributed by atoms with Crippen LogP contribution in [0.5, 0.6) is 0 Å². The van der Waals surface area contributed by atoms with Crippen molar-refractivity contribution in [3.05, 3.63) is 29.8 Å². The summed E-state index contributed by atoms with van der Waals surface area (Å²) in [5.41, 5.74) is 0. The van der Waals surface area contributed by atoms with Crippen LogP contribution < -0.4 is 10.0 Å². The second-order valence-electron chi connectivity index (χ2n) is 5.16. The first-order valence-corrected chi connectivity index (χ1v) is 8.04. The first-order valence-electron chi connectivity index (χ1n) is 6.55. The lowest BCUT2D eigenvalue weighted by Gasteiger charge is -2.29. The van der Waals surface area contributed by atoms with Gasteiger partial charge in [0.2, 0.25) is 10.0 Å². The van der Waals surface area contributed by atoms with Gasteiger partial charge in [0.25, 0.3) is 0 Å². The Kier molecular flexibility index (Phi) is 4.72. The minimum Gasteiger partial charge on any atom is -0.316 e. The van der Waals surface area contributed by atoms with E-state index in [0.717, 1.165) is 31.6 Å². The number of halogens is 2. The lowest BCUT2D eigenvalue weighted by atomic mass is 9.88. The maximum Gasteiger partial charge on any atom is 0.240 e. The fraction of sp³-hybridized carbons (Fsp3) is 0.538. The molecule has 2 N–H and O–H groups in total. The Morgan fingerprint density at radius 1 is 1.35 bits per heavy atom. The topological polar surface area (TPSA) is 58.2 Å². The van der Waals surface area contributed by atoms with E-state index in [1.807, 2.05) is 0 Å². The number of hydrogen-bond donors (Lipinski definition) is 2. The number of benzene rings is 1. The maximum atomic E-state index is 13.1. The summed E-state index contributed by atoms with van der Waals surface area (Å²) in [5, 5.41) is 3.24. The van der Waals surface area contributed by atoms with Gasteiger partial charge in [-0.1, -0.05) is 6.92 Å². The normalized spacial score (nSPS) is 23.8. The molecule has 2 rings (SSSR count). The average Bonchev–Trinajstić information content (AvgIpc) is 2.41. The van der Waals surface area contributed by atoms with E-state index in [1.165, 1.54) is 0 Å². The summed E-state index contributed by atoms with van der Waals surface area (Å²) in [7, 11) is -3.80. The van der Waals surface area contributed by atoms with Crippen molar-refractivity contribution >= 4 is 10.0 Å². The van der Waals surface area contributed by atoms with Crippen LogP contribution in [0.15, 0.2) is 23.1 Å². The molecule has 1 saturated heterocycles. The quantitative estimate of drug-likeness (QED) is 0.886. The van der Waals surface area contributed by atoms with Crippen molar-refractivity contribution in [1.82, 2.24) is 10.0 Å². The minimum atomic E-state index is -3.80. The molecule has 1 fully saturated rings. The summed E-state index contributed by atoms with van der Waals surface area (Å²) >= 11 is 0. The van der Waals surface area contributed by atoms with Gasteiger partial charge in [0, 0.05) is 6.54 Å². The predicted octanol–water partition coefficient (Wildman–Crippen LogP) is 1.49. The number of rotatable bonds is 4. The molecular weight excluding hydrogens is 286 g/mol. The van der Waals surface area contributed by atoms with Crippen molar-refractivity contribution in [3.8, 4) is 0 Å². The summed E-state index contributed by atoms with van der Waals surface area (Å²) in [6.07, 6.45) is 0.890. The van der Waals surface area contributed by atoms with Crippen molar-refractivity contribution in [1.29, 1.82) is 0 Å². The molecule has 1 aliphatic heterocycles. The Hall–Kier alpha value is -1.05. The molecule has 2 atom stereocenters. The molecule has 1 heterocycles. The lowest BCUT2D eigenvalue weighted by molar-refractivity contribution is 0.274. The van der Waals surface area contributed by atoms with Crippen LogP contribution in [0.2, 0.25) is 0 Å². The molecule has 0 saturated carbocycles. The van der Waals surface area contributed by atoms with Gasteiger partial charge in [0.05, 0.1) is 4.90 Å². The number of piperidine rings is 1. The zero-order valence-corrected chi connectivity index (χ0v) is 12.0. The predicted molar refractivity (Wildman–Crippen MR) is 71.7 cm³/mol. The average molecular weight is 304 g/mol. The van der Waals surface area contributed by atoms with Gasteiger partial charge in [-0.05, 0) is 49.5 Å². The van der Waals surface area contributed by atoms with Crippen molar-refractivity contribution < 1.29 is 17.2 Å². The van der Waals surface area contributed by atoms with Gasteiger partial charge in [-0.3, -0.25) is 0 Å². The third-order valence-electron chi connectivity index (χ3n) is 3.70. The Balaban J connectivity index is 2.05. The molecule has 112 valence electrons. The third kappa shape index (κ3) is 3.53. The molecule has 0 aromatic heterocycles. The Morgan fingerprint density at radius 3 is 2.75 bits per heavy atom. The van der Waals surface area contributed by atoms with E-state index >= 15 is 0 Å². The minimum absolute atomic E-state index is 0.247. The van der Waals surface area contributed by atoms with Crippen LogP contribution in [0.1, 0.15) is 13.3 Å². The number of hydrogen-bond acceptors (Lipinski definition) is 3. The fourth-order valence-corrected chi connectivity index (χ4v) is 3.42. The summed E-state index contributed by atoms with van der Waals surface area (Å²) in [5.74, 6) is -1.60. The molecule has 1 aromatic carbocycles. The fourth-order valence-electron chi connectivity index (χ4n) is 2.32. The van der Waals surface area contributed by atoms with Crippen LogP contribution in [0.3, 0.4) is 0 Å². The summed E-state index contributed by atoms with van der Waals surface area (Å²) < 4.78 is 52.4. The molecule has 7 heteroatoms. The van der Waals surface area contributed by atoms with Crippen molar-refractivity contribution in [2.24, 2.45) is 11.8 Å². The first kappa shape index (κ1) is 15.3. The van der Waals surface area contributed by atoms with Gasteiger partial charge in [-0.25, -0.2) is 21.9 Å². The van der Waals surface area contributed by atoms with Gasteiger partial charge in [0.15, 0.2) is 11.6 Å². The van der Waals surface area contributed by atoms with E-state index in [0.29, 0.717) is 18.5 Å². The van der Waals surface area contributed by atoms with E-state index in [9.17, 15) is 17.2 Å². The van der Waals surface area contributed by atoms with Crippen LogP contribution in [0, 0.1) is 23.5 Å². The van der Waals surface area contributed by atoms with Gasteiger partial charge >= 0.3 is 0 Å². The molecule has 2 unspecified atom stereocenters. The monoisotopic (exact) mass is 304 g/mol. The zero-order valence-electron chi connectivity index (χ0n) is 11.2. The Morgan fingerprint density at radius 2 is 2.10 bits per heavy atom. The SMILES string of the molecule is CC1CNCCC1CNS(=O)(=O)c1ccc(F)c(F)c1. The van der Waals surface area contributed by atoms with E-state index in [4.69, 9.17) is 0 Å².